The van der Waals surface area contributed by atoms with Gasteiger partial charge in [0, 0.05) is 25.0 Å². The summed E-state index contributed by atoms with van der Waals surface area (Å²) in [6.07, 6.45) is 2.35. The number of nitrogens with zero attached hydrogens (tertiary/aromatic N) is 3. The molecule has 0 saturated carbocycles. The van der Waals surface area contributed by atoms with Crippen LogP contribution in [0.3, 0.4) is 0 Å². The van der Waals surface area contributed by atoms with Crippen LogP contribution in [0.5, 0.6) is 0 Å². The molecule has 2 N–H and O–H groups in total. The van der Waals surface area contributed by atoms with E-state index < -0.39 is 0 Å². The minimum atomic E-state index is -0.247. The fourth-order valence-corrected chi connectivity index (χ4v) is 2.29. The van der Waals surface area contributed by atoms with Crippen molar-refractivity contribution in [2.75, 3.05) is 13.6 Å². The number of fused-ring (bicyclic) bond motifs is 1. The van der Waals surface area contributed by atoms with E-state index >= 15 is 0 Å². The van der Waals surface area contributed by atoms with Crippen molar-refractivity contribution < 1.29 is 4.79 Å². The monoisotopic (exact) mass is 352 g/mol. The van der Waals surface area contributed by atoms with Crippen molar-refractivity contribution in [2.45, 2.75) is 32.9 Å². The van der Waals surface area contributed by atoms with E-state index in [1.165, 1.54) is 4.68 Å². The third-order valence-corrected chi connectivity index (χ3v) is 4.13. The van der Waals surface area contributed by atoms with Crippen LogP contribution >= 0.6 is 12.4 Å². The summed E-state index contributed by atoms with van der Waals surface area (Å²) in [7, 11) is 1.72. The van der Waals surface area contributed by atoms with E-state index in [9.17, 15) is 9.59 Å². The molecule has 2 aromatic rings. The summed E-state index contributed by atoms with van der Waals surface area (Å²) in [6.45, 7) is 4.63. The molecule has 1 aromatic carbocycles. The third kappa shape index (κ3) is 4.79. The summed E-state index contributed by atoms with van der Waals surface area (Å²) < 4.78 is 1.21. The summed E-state index contributed by atoms with van der Waals surface area (Å²) >= 11 is 0. The number of rotatable bonds is 6. The second-order valence-electron chi connectivity index (χ2n) is 6.21. The molecule has 0 saturated heterocycles. The molecule has 1 amide bonds. The SMILES string of the molecule is CC(C)C(N)CCN(C)C(=O)Cn1ncc2ccccc2c1=O.Cl. The van der Waals surface area contributed by atoms with Gasteiger partial charge in [0.25, 0.3) is 5.56 Å². The largest absolute Gasteiger partial charge is 0.344 e. The Kier molecular flexibility index (Phi) is 7.38. The quantitative estimate of drug-likeness (QED) is 0.857. The zero-order valence-electron chi connectivity index (χ0n) is 14.3. The minimum absolute atomic E-state index is 0. The zero-order chi connectivity index (χ0) is 17.0. The Morgan fingerprint density at radius 3 is 2.67 bits per heavy atom. The number of aromatic nitrogens is 2. The summed E-state index contributed by atoms with van der Waals surface area (Å²) in [5.41, 5.74) is 5.75. The molecule has 0 spiro atoms. The number of carbonyl (C=O) groups is 1. The molecule has 6 nitrogen and oxygen atoms in total. The number of benzene rings is 1. The van der Waals surface area contributed by atoms with Gasteiger partial charge < -0.3 is 10.6 Å². The summed E-state index contributed by atoms with van der Waals surface area (Å²) in [5.74, 6) is 0.231. The average Bonchev–Trinajstić information content (AvgIpc) is 2.54. The molecule has 1 aromatic heterocycles. The van der Waals surface area contributed by atoms with Crippen LogP contribution in [-0.2, 0) is 11.3 Å². The fourth-order valence-electron chi connectivity index (χ4n) is 2.29. The molecular weight excluding hydrogens is 328 g/mol. The molecule has 7 heteroatoms. The van der Waals surface area contributed by atoms with Gasteiger partial charge >= 0.3 is 0 Å². The van der Waals surface area contributed by atoms with Crippen molar-refractivity contribution in [1.29, 1.82) is 0 Å². The van der Waals surface area contributed by atoms with Gasteiger partial charge in [-0.05, 0) is 18.4 Å². The lowest BCUT2D eigenvalue weighted by atomic mass is 10.0. The number of amides is 1. The number of nitrogens with two attached hydrogens (primary N) is 1. The second-order valence-corrected chi connectivity index (χ2v) is 6.21. The third-order valence-electron chi connectivity index (χ3n) is 4.13. The van der Waals surface area contributed by atoms with Crippen LogP contribution in [0, 0.1) is 5.92 Å². The van der Waals surface area contributed by atoms with Crippen LogP contribution in [0.1, 0.15) is 20.3 Å². The average molecular weight is 353 g/mol. The van der Waals surface area contributed by atoms with Crippen LogP contribution in [0.4, 0.5) is 0 Å². The molecule has 0 fully saturated rings. The summed E-state index contributed by atoms with van der Waals surface area (Å²) in [5, 5.41) is 5.43. The second kappa shape index (κ2) is 8.80. The van der Waals surface area contributed by atoms with Gasteiger partial charge in [0.05, 0.1) is 11.6 Å². The molecule has 24 heavy (non-hydrogen) atoms. The standard InChI is InChI=1S/C17H24N4O2.ClH/c1-12(2)15(18)8-9-20(3)16(22)11-21-17(23)14-7-5-4-6-13(14)10-19-21;/h4-7,10,12,15H,8-9,11,18H2,1-3H3;1H. The first-order valence-corrected chi connectivity index (χ1v) is 7.84. The van der Waals surface area contributed by atoms with Gasteiger partial charge in [0.1, 0.15) is 6.54 Å². The lowest BCUT2D eigenvalue weighted by Gasteiger charge is -2.21. The minimum Gasteiger partial charge on any atom is -0.344 e. The normalized spacial score (nSPS) is 12.0. The Morgan fingerprint density at radius 1 is 1.33 bits per heavy atom. The molecule has 0 aliphatic heterocycles. The number of carbonyl (C=O) groups excluding carboxylic acids is 1. The number of halogens is 1. The van der Waals surface area contributed by atoms with Crippen LogP contribution < -0.4 is 11.3 Å². The van der Waals surface area contributed by atoms with E-state index in [-0.39, 0.29) is 36.5 Å². The first-order chi connectivity index (χ1) is 10.9. The van der Waals surface area contributed by atoms with Crippen molar-refractivity contribution in [3.63, 3.8) is 0 Å². The fraction of sp³-hybridized carbons (Fsp3) is 0.471. The Hall–Kier alpha value is -1.92. The predicted molar refractivity (Wildman–Crippen MR) is 98.3 cm³/mol. The van der Waals surface area contributed by atoms with E-state index in [2.05, 4.69) is 18.9 Å². The highest BCUT2D eigenvalue weighted by Gasteiger charge is 2.14. The molecule has 1 unspecified atom stereocenters. The molecule has 1 heterocycles. The van der Waals surface area contributed by atoms with E-state index in [0.717, 1.165) is 11.8 Å². The Bertz CT molecular complexity index is 745. The van der Waals surface area contributed by atoms with Gasteiger partial charge in [-0.3, -0.25) is 9.59 Å². The van der Waals surface area contributed by atoms with E-state index in [1.807, 2.05) is 12.1 Å². The maximum atomic E-state index is 12.4. The van der Waals surface area contributed by atoms with Crippen molar-refractivity contribution >= 4 is 29.1 Å². The van der Waals surface area contributed by atoms with Gasteiger partial charge in [0.15, 0.2) is 0 Å². The molecule has 0 aliphatic rings. The number of hydrogen-bond donors (Lipinski definition) is 1. The molecule has 2 rings (SSSR count). The van der Waals surface area contributed by atoms with Gasteiger partial charge in [-0.15, -0.1) is 12.4 Å². The highest BCUT2D eigenvalue weighted by atomic mass is 35.5. The zero-order valence-corrected chi connectivity index (χ0v) is 15.1. The van der Waals surface area contributed by atoms with E-state index in [0.29, 0.717) is 17.8 Å². The molecule has 132 valence electrons. The van der Waals surface area contributed by atoms with Gasteiger partial charge in [-0.2, -0.15) is 5.10 Å². The van der Waals surface area contributed by atoms with Crippen LogP contribution in [0.15, 0.2) is 35.3 Å². The smallest absolute Gasteiger partial charge is 0.275 e. The van der Waals surface area contributed by atoms with Crippen molar-refractivity contribution in [2.24, 2.45) is 11.7 Å². The topological polar surface area (TPSA) is 81.2 Å². The Labute approximate surface area is 148 Å². The van der Waals surface area contributed by atoms with Gasteiger partial charge in [-0.25, -0.2) is 4.68 Å². The first kappa shape index (κ1) is 20.1. The highest BCUT2D eigenvalue weighted by molar-refractivity contribution is 5.85. The number of likely N-dealkylation sites (N-methyl/N-ethyl adjacent to an activating group) is 1. The van der Waals surface area contributed by atoms with E-state index in [4.69, 9.17) is 5.73 Å². The van der Waals surface area contributed by atoms with Crippen LogP contribution in [0.2, 0.25) is 0 Å². The molecule has 0 radical (unpaired) electrons. The highest BCUT2D eigenvalue weighted by Crippen LogP contribution is 2.07. The van der Waals surface area contributed by atoms with Crippen molar-refractivity contribution in [3.05, 3.63) is 40.8 Å². The maximum absolute atomic E-state index is 12.4. The van der Waals surface area contributed by atoms with Crippen LogP contribution in [0.25, 0.3) is 10.8 Å². The number of hydrogen-bond acceptors (Lipinski definition) is 4. The maximum Gasteiger partial charge on any atom is 0.275 e. The Balaban J connectivity index is 0.00000288. The lowest BCUT2D eigenvalue weighted by Crippen LogP contribution is -2.38. The lowest BCUT2D eigenvalue weighted by molar-refractivity contribution is -0.130. The Morgan fingerprint density at radius 2 is 2.00 bits per heavy atom. The van der Waals surface area contributed by atoms with Gasteiger partial charge in [0.2, 0.25) is 5.91 Å². The molecule has 0 bridgehead atoms. The summed E-state index contributed by atoms with van der Waals surface area (Å²) in [4.78, 5) is 26.2. The van der Waals surface area contributed by atoms with Crippen molar-refractivity contribution in [3.8, 4) is 0 Å². The van der Waals surface area contributed by atoms with E-state index in [1.54, 1.807) is 30.3 Å². The van der Waals surface area contributed by atoms with Crippen molar-refractivity contribution in [1.82, 2.24) is 14.7 Å². The van der Waals surface area contributed by atoms with Crippen LogP contribution in [-0.4, -0.2) is 40.2 Å². The van der Waals surface area contributed by atoms with Gasteiger partial charge in [-0.1, -0.05) is 32.0 Å². The predicted octanol–water partition coefficient (Wildman–Crippen LogP) is 1.65. The molecule has 0 aliphatic carbocycles. The molecular formula is C17H25ClN4O2. The molecule has 1 atom stereocenters. The first-order valence-electron chi connectivity index (χ1n) is 7.84. The summed E-state index contributed by atoms with van der Waals surface area (Å²) in [6, 6.07) is 7.29.